The number of aryl methyl sites for hydroxylation is 1. The van der Waals surface area contributed by atoms with Gasteiger partial charge in [-0.05, 0) is 26.5 Å². The maximum absolute atomic E-state index is 11.2. The minimum atomic E-state index is -0.862. The molecule has 0 aliphatic rings. The van der Waals surface area contributed by atoms with E-state index in [0.29, 0.717) is 13.1 Å². The minimum Gasteiger partial charge on any atom is -0.480 e. The average molecular weight is 225 g/mol. The number of likely N-dealkylation sites (N-methyl/N-ethyl adjacent to an activating group) is 1. The van der Waals surface area contributed by atoms with E-state index in [1.54, 1.807) is 24.7 Å². The van der Waals surface area contributed by atoms with Crippen molar-refractivity contribution in [3.05, 3.63) is 18.0 Å². The molecule has 1 rings (SSSR count). The molecule has 5 heteroatoms. The van der Waals surface area contributed by atoms with Gasteiger partial charge in [0.15, 0.2) is 0 Å². The van der Waals surface area contributed by atoms with E-state index in [9.17, 15) is 9.90 Å². The quantitative estimate of drug-likeness (QED) is 0.815. The molecule has 1 N–H and O–H groups in total. The molecule has 0 fully saturated rings. The highest BCUT2D eigenvalue weighted by Gasteiger charge is 2.33. The van der Waals surface area contributed by atoms with E-state index in [1.807, 2.05) is 24.9 Å². The van der Waals surface area contributed by atoms with Crippen LogP contribution in [-0.2, 0) is 18.4 Å². The molecule has 1 heterocycles. The Morgan fingerprint density at radius 3 is 2.62 bits per heavy atom. The second-order valence-corrected chi connectivity index (χ2v) is 4.32. The summed E-state index contributed by atoms with van der Waals surface area (Å²) in [4.78, 5) is 13.1. The summed E-state index contributed by atoms with van der Waals surface area (Å²) in [5.74, 6) is -0.809. The minimum absolute atomic E-state index is 0.590. The summed E-state index contributed by atoms with van der Waals surface area (Å²) in [6.07, 6.45) is 1.72. The predicted octanol–water partition coefficient (Wildman–Crippen LogP) is 1.11. The fourth-order valence-electron chi connectivity index (χ4n) is 1.59. The van der Waals surface area contributed by atoms with Crippen molar-refractivity contribution < 1.29 is 9.90 Å². The summed E-state index contributed by atoms with van der Waals surface area (Å²) >= 11 is 0. The lowest BCUT2D eigenvalue weighted by molar-refractivity contribution is -0.149. The smallest absolute Gasteiger partial charge is 0.323 e. The Hall–Kier alpha value is -1.36. The van der Waals surface area contributed by atoms with Gasteiger partial charge < -0.3 is 5.11 Å². The Morgan fingerprint density at radius 2 is 2.25 bits per heavy atom. The number of nitrogens with zero attached hydrogens (tertiary/aromatic N) is 3. The molecule has 0 unspecified atom stereocenters. The van der Waals surface area contributed by atoms with Gasteiger partial charge in [-0.2, -0.15) is 5.10 Å². The van der Waals surface area contributed by atoms with Crippen LogP contribution in [0, 0.1) is 0 Å². The molecule has 0 aromatic carbocycles. The first kappa shape index (κ1) is 12.7. The largest absolute Gasteiger partial charge is 0.480 e. The van der Waals surface area contributed by atoms with Crippen LogP contribution in [0.4, 0.5) is 0 Å². The first-order chi connectivity index (χ1) is 7.39. The second-order valence-electron chi connectivity index (χ2n) is 4.32. The zero-order valence-corrected chi connectivity index (χ0v) is 10.3. The molecule has 1 aromatic rings. The first-order valence-electron chi connectivity index (χ1n) is 5.35. The molecule has 1 aromatic heterocycles. The van der Waals surface area contributed by atoms with Crippen molar-refractivity contribution >= 4 is 5.97 Å². The van der Waals surface area contributed by atoms with Crippen molar-refractivity contribution in [3.8, 4) is 0 Å². The van der Waals surface area contributed by atoms with E-state index in [2.05, 4.69) is 5.10 Å². The number of hydrogen-bond donors (Lipinski definition) is 1. The van der Waals surface area contributed by atoms with Crippen LogP contribution in [0.25, 0.3) is 0 Å². The fourth-order valence-corrected chi connectivity index (χ4v) is 1.59. The van der Waals surface area contributed by atoms with Crippen LogP contribution in [0.5, 0.6) is 0 Å². The van der Waals surface area contributed by atoms with Gasteiger partial charge in [0.05, 0.1) is 5.69 Å². The fraction of sp³-hybridized carbons (Fsp3) is 0.636. The van der Waals surface area contributed by atoms with Crippen LogP contribution >= 0.6 is 0 Å². The Kier molecular flexibility index (Phi) is 3.70. The molecule has 0 radical (unpaired) electrons. The third-order valence-corrected chi connectivity index (χ3v) is 2.97. The molecule has 0 aliphatic heterocycles. The Bertz CT molecular complexity index is 371. The summed E-state index contributed by atoms with van der Waals surface area (Å²) in [7, 11) is 1.86. The van der Waals surface area contributed by atoms with E-state index in [1.165, 1.54) is 0 Å². The van der Waals surface area contributed by atoms with Gasteiger partial charge in [-0.3, -0.25) is 14.4 Å². The summed E-state index contributed by atoms with van der Waals surface area (Å²) in [5, 5.41) is 13.3. The van der Waals surface area contributed by atoms with Crippen molar-refractivity contribution in [2.24, 2.45) is 7.05 Å². The molecular weight excluding hydrogens is 206 g/mol. The first-order valence-corrected chi connectivity index (χ1v) is 5.35. The van der Waals surface area contributed by atoms with E-state index < -0.39 is 11.5 Å². The number of carboxylic acids is 1. The number of carboxylic acid groups (broad SMARTS) is 1. The summed E-state index contributed by atoms with van der Waals surface area (Å²) in [5.41, 5.74) is 0.148. The molecule has 0 spiro atoms. The monoisotopic (exact) mass is 225 g/mol. The zero-order chi connectivity index (χ0) is 12.3. The summed E-state index contributed by atoms with van der Waals surface area (Å²) in [6, 6.07) is 1.90. The van der Waals surface area contributed by atoms with Crippen molar-refractivity contribution in [1.29, 1.82) is 0 Å². The van der Waals surface area contributed by atoms with Crippen LogP contribution in [-0.4, -0.2) is 37.8 Å². The van der Waals surface area contributed by atoms with Crippen molar-refractivity contribution in [3.63, 3.8) is 0 Å². The highest BCUT2D eigenvalue weighted by molar-refractivity contribution is 5.77. The molecular formula is C11H19N3O2. The van der Waals surface area contributed by atoms with Crippen molar-refractivity contribution in [2.75, 3.05) is 6.54 Å². The summed E-state index contributed by atoms with van der Waals surface area (Å²) < 4.78 is 1.76. The maximum Gasteiger partial charge on any atom is 0.323 e. The van der Waals surface area contributed by atoms with Crippen molar-refractivity contribution in [1.82, 2.24) is 14.7 Å². The highest BCUT2D eigenvalue weighted by Crippen LogP contribution is 2.17. The average Bonchev–Trinajstić information content (AvgIpc) is 2.60. The van der Waals surface area contributed by atoms with Gasteiger partial charge in [0.2, 0.25) is 0 Å². The Labute approximate surface area is 95.7 Å². The van der Waals surface area contributed by atoms with E-state index >= 15 is 0 Å². The lowest BCUT2D eigenvalue weighted by atomic mass is 10.0. The third kappa shape index (κ3) is 2.41. The SMILES string of the molecule is CCN(Cc1ccnn1C)C(C)(C)C(=O)O. The molecule has 16 heavy (non-hydrogen) atoms. The molecule has 0 aliphatic carbocycles. The Morgan fingerprint density at radius 1 is 1.62 bits per heavy atom. The lowest BCUT2D eigenvalue weighted by Crippen LogP contribution is -2.49. The maximum atomic E-state index is 11.2. The van der Waals surface area contributed by atoms with Crippen LogP contribution in [0.1, 0.15) is 26.5 Å². The number of rotatable bonds is 5. The van der Waals surface area contributed by atoms with Crippen molar-refractivity contribution in [2.45, 2.75) is 32.9 Å². The predicted molar refractivity (Wildman–Crippen MR) is 61.0 cm³/mol. The molecule has 90 valence electrons. The van der Waals surface area contributed by atoms with Gasteiger partial charge in [0.25, 0.3) is 0 Å². The van der Waals surface area contributed by atoms with Gasteiger partial charge in [-0.25, -0.2) is 0 Å². The summed E-state index contributed by atoms with van der Waals surface area (Å²) in [6.45, 7) is 6.67. The van der Waals surface area contributed by atoms with Gasteiger partial charge in [0, 0.05) is 19.8 Å². The molecule has 5 nitrogen and oxygen atoms in total. The van der Waals surface area contributed by atoms with Gasteiger partial charge in [0.1, 0.15) is 5.54 Å². The molecule has 0 saturated heterocycles. The highest BCUT2D eigenvalue weighted by atomic mass is 16.4. The van der Waals surface area contributed by atoms with Gasteiger partial charge >= 0.3 is 5.97 Å². The number of aromatic nitrogens is 2. The molecule has 0 amide bonds. The van der Waals surface area contributed by atoms with E-state index in [0.717, 1.165) is 5.69 Å². The molecule has 0 bridgehead atoms. The van der Waals surface area contributed by atoms with Gasteiger partial charge in [-0.15, -0.1) is 0 Å². The number of aliphatic carboxylic acids is 1. The van der Waals surface area contributed by atoms with Gasteiger partial charge in [-0.1, -0.05) is 6.92 Å². The zero-order valence-electron chi connectivity index (χ0n) is 10.3. The second kappa shape index (κ2) is 4.65. The third-order valence-electron chi connectivity index (χ3n) is 2.97. The van der Waals surface area contributed by atoms with E-state index in [-0.39, 0.29) is 0 Å². The number of hydrogen-bond acceptors (Lipinski definition) is 3. The molecule has 0 saturated carbocycles. The van der Waals surface area contributed by atoms with E-state index in [4.69, 9.17) is 0 Å². The normalized spacial score (nSPS) is 12.1. The topological polar surface area (TPSA) is 58.4 Å². The Balaban J connectivity index is 2.85. The van der Waals surface area contributed by atoms with Crippen LogP contribution < -0.4 is 0 Å². The number of carbonyl (C=O) groups is 1. The van der Waals surface area contributed by atoms with Crippen LogP contribution in [0.15, 0.2) is 12.3 Å². The molecule has 0 atom stereocenters. The van der Waals surface area contributed by atoms with Crippen LogP contribution in [0.2, 0.25) is 0 Å². The lowest BCUT2D eigenvalue weighted by Gasteiger charge is -2.33. The standard InChI is InChI=1S/C11H19N3O2/c1-5-14(11(2,3)10(15)16)8-9-6-7-12-13(9)4/h6-7H,5,8H2,1-4H3,(H,15,16). The van der Waals surface area contributed by atoms with Crippen LogP contribution in [0.3, 0.4) is 0 Å².